The van der Waals surface area contributed by atoms with Gasteiger partial charge in [0.05, 0.1) is 18.8 Å². The van der Waals surface area contributed by atoms with Gasteiger partial charge in [-0.05, 0) is 30.5 Å². The average Bonchev–Trinajstić information content (AvgIpc) is 2.55. The van der Waals surface area contributed by atoms with Crippen LogP contribution < -0.4 is 4.90 Å². The molecule has 0 radical (unpaired) electrons. The molecule has 1 aliphatic rings. The number of para-hydroxylation sites is 1. The zero-order chi connectivity index (χ0) is 15.5. The van der Waals surface area contributed by atoms with E-state index in [9.17, 15) is 4.79 Å². The highest BCUT2D eigenvalue weighted by atomic mass is 16.5. The molecule has 112 valence electrons. The Hall–Kier alpha value is -2.55. The first-order chi connectivity index (χ1) is 10.7. The third kappa shape index (κ3) is 2.62. The highest BCUT2D eigenvalue weighted by Crippen LogP contribution is 2.35. The minimum Gasteiger partial charge on any atom is -0.452 e. The second kappa shape index (κ2) is 6.06. The summed E-state index contributed by atoms with van der Waals surface area (Å²) in [6.07, 6.45) is 2.59. The number of benzene rings is 2. The second-order valence-electron chi connectivity index (χ2n) is 5.46. The van der Waals surface area contributed by atoms with Crippen LogP contribution in [-0.2, 0) is 11.2 Å². The summed E-state index contributed by atoms with van der Waals surface area (Å²) < 4.78 is 5.01. The molecule has 1 amide bonds. The van der Waals surface area contributed by atoms with Crippen LogP contribution in [0.15, 0.2) is 60.7 Å². The van der Waals surface area contributed by atoms with Crippen molar-refractivity contribution < 1.29 is 9.53 Å². The molecule has 0 spiro atoms. The highest BCUT2D eigenvalue weighted by Gasteiger charge is 2.30. The summed E-state index contributed by atoms with van der Waals surface area (Å²) in [6, 6.07) is 18.1. The summed E-state index contributed by atoms with van der Waals surface area (Å²) in [5.41, 5.74) is 4.38. The van der Waals surface area contributed by atoms with E-state index in [1.807, 2.05) is 42.5 Å². The van der Waals surface area contributed by atoms with E-state index in [-0.39, 0.29) is 12.1 Å². The summed E-state index contributed by atoms with van der Waals surface area (Å²) in [6.45, 7) is 2.09. The number of methoxy groups -OCH3 is 1. The molecule has 1 heterocycles. The fourth-order valence-electron chi connectivity index (χ4n) is 2.99. The predicted octanol–water partition coefficient (Wildman–Crippen LogP) is 4.29. The molecule has 0 saturated heterocycles. The first-order valence-electron chi connectivity index (χ1n) is 7.39. The van der Waals surface area contributed by atoms with Crippen LogP contribution in [0.4, 0.5) is 10.5 Å². The maximum atomic E-state index is 12.3. The summed E-state index contributed by atoms with van der Waals surface area (Å²) in [5, 5.41) is 0. The molecule has 22 heavy (non-hydrogen) atoms. The molecular weight excluding hydrogens is 274 g/mol. The number of nitrogens with zero attached hydrogens (tertiary/aromatic N) is 1. The fourth-order valence-corrected chi connectivity index (χ4v) is 2.99. The summed E-state index contributed by atoms with van der Waals surface area (Å²) in [7, 11) is 1.43. The van der Waals surface area contributed by atoms with E-state index in [2.05, 4.69) is 25.1 Å². The van der Waals surface area contributed by atoms with Gasteiger partial charge in [0.25, 0.3) is 0 Å². The van der Waals surface area contributed by atoms with E-state index >= 15 is 0 Å². The van der Waals surface area contributed by atoms with Crippen molar-refractivity contribution in [3.8, 4) is 0 Å². The molecule has 1 atom stereocenters. The zero-order valence-electron chi connectivity index (χ0n) is 12.8. The van der Waals surface area contributed by atoms with Gasteiger partial charge in [-0.25, -0.2) is 4.79 Å². The number of rotatable bonds is 2. The van der Waals surface area contributed by atoms with E-state index in [1.165, 1.54) is 18.2 Å². The van der Waals surface area contributed by atoms with Gasteiger partial charge in [0, 0.05) is 5.56 Å². The molecular formula is C19H19NO2. The first kappa shape index (κ1) is 14.4. The lowest BCUT2D eigenvalue weighted by Crippen LogP contribution is -2.43. The Morgan fingerprint density at radius 3 is 2.50 bits per heavy atom. The molecule has 3 rings (SSSR count). The molecule has 3 heteroatoms. The van der Waals surface area contributed by atoms with Crippen LogP contribution in [-0.4, -0.2) is 19.2 Å². The lowest BCUT2D eigenvalue weighted by atomic mass is 9.93. The Balaban J connectivity index is 2.01. The summed E-state index contributed by atoms with van der Waals surface area (Å²) in [4.78, 5) is 14.1. The molecule has 0 N–H and O–H groups in total. The summed E-state index contributed by atoms with van der Waals surface area (Å²) >= 11 is 0. The van der Waals surface area contributed by atoms with Gasteiger partial charge in [0.1, 0.15) is 0 Å². The normalized spacial score (nSPS) is 16.7. The minimum absolute atomic E-state index is 0.0373. The lowest BCUT2D eigenvalue weighted by Gasteiger charge is -2.34. The smallest absolute Gasteiger partial charge is 0.414 e. The molecule has 0 saturated carbocycles. The number of amides is 1. The third-order valence-electron chi connectivity index (χ3n) is 4.02. The van der Waals surface area contributed by atoms with Crippen molar-refractivity contribution in [3.05, 3.63) is 71.8 Å². The Morgan fingerprint density at radius 1 is 1.09 bits per heavy atom. The second-order valence-corrected chi connectivity index (χ2v) is 5.46. The molecule has 0 aromatic heterocycles. The van der Waals surface area contributed by atoms with Crippen molar-refractivity contribution in [1.82, 2.24) is 0 Å². The molecule has 2 aromatic rings. The van der Waals surface area contributed by atoms with E-state index in [0.29, 0.717) is 0 Å². The molecule has 0 aliphatic carbocycles. The van der Waals surface area contributed by atoms with Crippen molar-refractivity contribution in [2.75, 3.05) is 12.0 Å². The zero-order valence-corrected chi connectivity index (χ0v) is 12.8. The van der Waals surface area contributed by atoms with Crippen LogP contribution in [0.25, 0.3) is 5.57 Å². The van der Waals surface area contributed by atoms with Crippen molar-refractivity contribution in [2.45, 2.75) is 19.4 Å². The van der Waals surface area contributed by atoms with Gasteiger partial charge in [-0.2, -0.15) is 0 Å². The van der Waals surface area contributed by atoms with Crippen molar-refractivity contribution in [1.29, 1.82) is 0 Å². The van der Waals surface area contributed by atoms with Gasteiger partial charge < -0.3 is 4.74 Å². The Bertz CT molecular complexity index is 706. The van der Waals surface area contributed by atoms with E-state index < -0.39 is 0 Å². The van der Waals surface area contributed by atoms with Crippen molar-refractivity contribution in [3.63, 3.8) is 0 Å². The maximum absolute atomic E-state index is 12.3. The molecule has 2 aromatic carbocycles. The van der Waals surface area contributed by atoms with Crippen LogP contribution in [0.2, 0.25) is 0 Å². The number of fused-ring (bicyclic) bond motifs is 1. The number of anilines is 1. The molecule has 0 bridgehead atoms. The largest absolute Gasteiger partial charge is 0.452 e. The van der Waals surface area contributed by atoms with Crippen LogP contribution in [0.1, 0.15) is 18.1 Å². The number of carbonyl (C=O) groups is 1. The maximum Gasteiger partial charge on any atom is 0.414 e. The van der Waals surface area contributed by atoms with Gasteiger partial charge in [0.2, 0.25) is 0 Å². The number of hydrogen-bond donors (Lipinski definition) is 0. The molecule has 0 fully saturated rings. The number of hydrogen-bond acceptors (Lipinski definition) is 2. The monoisotopic (exact) mass is 293 g/mol. The van der Waals surface area contributed by atoms with Gasteiger partial charge in [-0.15, -0.1) is 0 Å². The molecule has 1 aliphatic heterocycles. The van der Waals surface area contributed by atoms with Gasteiger partial charge >= 0.3 is 6.09 Å². The Kier molecular flexibility index (Phi) is 3.96. The highest BCUT2D eigenvalue weighted by molar-refractivity contribution is 5.95. The fraction of sp³-hybridized carbons (Fsp3) is 0.211. The van der Waals surface area contributed by atoms with Crippen LogP contribution >= 0.6 is 0 Å². The number of allylic oxidation sites excluding steroid dienone is 1. The van der Waals surface area contributed by atoms with E-state index in [1.54, 1.807) is 4.90 Å². The minimum atomic E-state index is -0.322. The first-order valence-corrected chi connectivity index (χ1v) is 7.39. The predicted molar refractivity (Wildman–Crippen MR) is 88.9 cm³/mol. The molecule has 1 unspecified atom stereocenters. The van der Waals surface area contributed by atoms with E-state index in [0.717, 1.165) is 17.7 Å². The quantitative estimate of drug-likeness (QED) is 0.826. The van der Waals surface area contributed by atoms with Gasteiger partial charge in [-0.1, -0.05) is 54.6 Å². The SMILES string of the molecule is COC(=O)N1c2ccccc2C(C)=CC1Cc1ccccc1. The summed E-state index contributed by atoms with van der Waals surface area (Å²) in [5.74, 6) is 0. The van der Waals surface area contributed by atoms with Crippen LogP contribution in [0.5, 0.6) is 0 Å². The van der Waals surface area contributed by atoms with E-state index in [4.69, 9.17) is 4.74 Å². The molecule has 3 nitrogen and oxygen atoms in total. The Morgan fingerprint density at radius 2 is 1.77 bits per heavy atom. The standard InChI is InChI=1S/C19H19NO2/c1-14-12-16(13-15-8-4-3-5-9-15)20(19(21)22-2)18-11-7-6-10-17(14)18/h3-12,16H,13H2,1-2H3. The average molecular weight is 293 g/mol. The van der Waals surface area contributed by atoms with Gasteiger partial charge in [-0.3, -0.25) is 4.90 Å². The number of ether oxygens (including phenoxy) is 1. The Labute approximate surface area is 130 Å². The topological polar surface area (TPSA) is 29.5 Å². The van der Waals surface area contributed by atoms with Crippen LogP contribution in [0.3, 0.4) is 0 Å². The van der Waals surface area contributed by atoms with Crippen molar-refractivity contribution >= 4 is 17.4 Å². The number of carbonyl (C=O) groups excluding carboxylic acids is 1. The van der Waals surface area contributed by atoms with Crippen molar-refractivity contribution in [2.24, 2.45) is 0 Å². The van der Waals surface area contributed by atoms with Crippen LogP contribution in [0, 0.1) is 0 Å². The third-order valence-corrected chi connectivity index (χ3v) is 4.02. The van der Waals surface area contributed by atoms with Gasteiger partial charge in [0.15, 0.2) is 0 Å². The lowest BCUT2D eigenvalue weighted by molar-refractivity contribution is 0.177.